The number of aromatic amines is 1. The summed E-state index contributed by atoms with van der Waals surface area (Å²) in [5.74, 6) is -0.687. The van der Waals surface area contributed by atoms with Crippen molar-refractivity contribution in [1.82, 2.24) is 20.0 Å². The monoisotopic (exact) mass is 344 g/mol. The Hall–Kier alpha value is -2.06. The lowest BCUT2D eigenvalue weighted by atomic mass is 9.93. The second-order valence-corrected chi connectivity index (χ2v) is 6.50. The summed E-state index contributed by atoms with van der Waals surface area (Å²) >= 11 is 0. The molecule has 24 heavy (non-hydrogen) atoms. The SMILES string of the molecule is CN1CC(C(=O)N2CCCC(c3cc(C(F)(F)F)n[nH]3)C2)CC1=O. The van der Waals surface area contributed by atoms with Crippen molar-refractivity contribution in [2.24, 2.45) is 5.92 Å². The Balaban J connectivity index is 1.67. The van der Waals surface area contributed by atoms with E-state index >= 15 is 0 Å². The number of carbonyl (C=O) groups excluding carboxylic acids is 2. The molecule has 9 heteroatoms. The zero-order chi connectivity index (χ0) is 17.5. The van der Waals surface area contributed by atoms with Crippen LogP contribution in [-0.4, -0.2) is 58.5 Å². The first kappa shape index (κ1) is 16.8. The topological polar surface area (TPSA) is 69.3 Å². The Morgan fingerprint density at radius 1 is 1.38 bits per heavy atom. The Morgan fingerprint density at radius 2 is 2.12 bits per heavy atom. The molecule has 0 aliphatic carbocycles. The summed E-state index contributed by atoms with van der Waals surface area (Å²) in [6, 6.07) is 1.02. The highest BCUT2D eigenvalue weighted by atomic mass is 19.4. The van der Waals surface area contributed by atoms with E-state index in [0.717, 1.165) is 6.07 Å². The van der Waals surface area contributed by atoms with Gasteiger partial charge in [-0.3, -0.25) is 14.7 Å². The minimum Gasteiger partial charge on any atom is -0.345 e. The molecule has 2 amide bonds. The van der Waals surface area contributed by atoms with Crippen molar-refractivity contribution >= 4 is 11.8 Å². The summed E-state index contributed by atoms with van der Waals surface area (Å²) in [6.07, 6.45) is -2.85. The second-order valence-electron chi connectivity index (χ2n) is 6.50. The fraction of sp³-hybridized carbons (Fsp3) is 0.667. The van der Waals surface area contributed by atoms with Gasteiger partial charge < -0.3 is 9.80 Å². The summed E-state index contributed by atoms with van der Waals surface area (Å²) in [6.45, 7) is 1.33. The van der Waals surface area contributed by atoms with Crippen molar-refractivity contribution in [3.63, 3.8) is 0 Å². The number of aromatic nitrogens is 2. The van der Waals surface area contributed by atoms with Gasteiger partial charge in [-0.25, -0.2) is 0 Å². The number of likely N-dealkylation sites (tertiary alicyclic amines) is 2. The molecule has 132 valence electrons. The van der Waals surface area contributed by atoms with E-state index in [-0.39, 0.29) is 30.1 Å². The van der Waals surface area contributed by atoms with Crippen LogP contribution in [0.1, 0.15) is 36.6 Å². The van der Waals surface area contributed by atoms with E-state index in [0.29, 0.717) is 38.2 Å². The van der Waals surface area contributed by atoms with Crippen LogP contribution in [0.25, 0.3) is 0 Å². The molecule has 3 rings (SSSR count). The van der Waals surface area contributed by atoms with Crippen molar-refractivity contribution in [2.45, 2.75) is 31.4 Å². The first-order chi connectivity index (χ1) is 11.3. The van der Waals surface area contributed by atoms with Crippen molar-refractivity contribution in [3.8, 4) is 0 Å². The third kappa shape index (κ3) is 3.25. The van der Waals surface area contributed by atoms with E-state index in [2.05, 4.69) is 10.2 Å². The van der Waals surface area contributed by atoms with Gasteiger partial charge in [0, 0.05) is 44.7 Å². The fourth-order valence-electron chi connectivity index (χ4n) is 3.41. The molecule has 1 aromatic heterocycles. The van der Waals surface area contributed by atoms with Crippen molar-refractivity contribution in [1.29, 1.82) is 0 Å². The molecular weight excluding hydrogens is 325 g/mol. The van der Waals surface area contributed by atoms with Crippen LogP contribution in [0.4, 0.5) is 13.2 Å². The van der Waals surface area contributed by atoms with Crippen molar-refractivity contribution < 1.29 is 22.8 Å². The van der Waals surface area contributed by atoms with E-state index < -0.39 is 11.9 Å². The van der Waals surface area contributed by atoms with Gasteiger partial charge in [-0.05, 0) is 18.9 Å². The number of rotatable bonds is 2. The molecular formula is C15H19F3N4O2. The van der Waals surface area contributed by atoms with E-state index in [1.807, 2.05) is 0 Å². The molecule has 2 aliphatic rings. The minimum atomic E-state index is -4.48. The molecule has 6 nitrogen and oxygen atoms in total. The predicted octanol–water partition coefficient (Wildman–Crippen LogP) is 1.61. The molecule has 1 N–H and O–H groups in total. The Bertz CT molecular complexity index is 643. The quantitative estimate of drug-likeness (QED) is 0.886. The van der Waals surface area contributed by atoms with Gasteiger partial charge in [-0.15, -0.1) is 0 Å². The predicted molar refractivity (Wildman–Crippen MR) is 77.9 cm³/mol. The van der Waals surface area contributed by atoms with Crippen LogP contribution in [-0.2, 0) is 15.8 Å². The number of alkyl halides is 3. The second kappa shape index (κ2) is 6.10. The van der Waals surface area contributed by atoms with Gasteiger partial charge in [0.15, 0.2) is 5.69 Å². The maximum atomic E-state index is 12.7. The summed E-state index contributed by atoms with van der Waals surface area (Å²) < 4.78 is 38.0. The zero-order valence-corrected chi connectivity index (χ0v) is 13.3. The molecule has 2 saturated heterocycles. The van der Waals surface area contributed by atoms with Crippen LogP contribution >= 0.6 is 0 Å². The number of H-pyrrole nitrogens is 1. The number of amides is 2. The third-order valence-electron chi connectivity index (χ3n) is 4.75. The summed E-state index contributed by atoms with van der Waals surface area (Å²) in [4.78, 5) is 27.4. The highest BCUT2D eigenvalue weighted by molar-refractivity contribution is 5.89. The maximum Gasteiger partial charge on any atom is 0.435 e. The lowest BCUT2D eigenvalue weighted by molar-refractivity contribution is -0.141. The number of hydrogen-bond donors (Lipinski definition) is 1. The maximum absolute atomic E-state index is 12.7. The molecule has 2 fully saturated rings. The van der Waals surface area contributed by atoms with Gasteiger partial charge in [0.1, 0.15) is 0 Å². The standard InChI is InChI=1S/C15H19F3N4O2/c1-21-7-10(5-13(21)23)14(24)22-4-2-3-9(8-22)11-6-12(20-19-11)15(16,17)18/h6,9-10H,2-5,7-8H2,1H3,(H,19,20). The molecule has 2 atom stereocenters. The van der Waals surface area contributed by atoms with Gasteiger partial charge in [-0.1, -0.05) is 0 Å². The first-order valence-electron chi connectivity index (χ1n) is 7.91. The summed E-state index contributed by atoms with van der Waals surface area (Å²) in [7, 11) is 1.66. The van der Waals surface area contributed by atoms with Gasteiger partial charge in [0.2, 0.25) is 11.8 Å². The van der Waals surface area contributed by atoms with Crippen LogP contribution in [0.3, 0.4) is 0 Å². The first-order valence-corrected chi connectivity index (χ1v) is 7.91. The minimum absolute atomic E-state index is 0.0507. The molecule has 0 spiro atoms. The van der Waals surface area contributed by atoms with E-state index in [1.54, 1.807) is 11.9 Å². The molecule has 0 bridgehead atoms. The molecule has 3 heterocycles. The summed E-state index contributed by atoms with van der Waals surface area (Å²) in [5.41, 5.74) is -0.539. The van der Waals surface area contributed by atoms with E-state index in [9.17, 15) is 22.8 Å². The van der Waals surface area contributed by atoms with Crippen molar-refractivity contribution in [3.05, 3.63) is 17.5 Å². The van der Waals surface area contributed by atoms with Gasteiger partial charge >= 0.3 is 6.18 Å². The van der Waals surface area contributed by atoms with Crippen LogP contribution in [0.15, 0.2) is 6.07 Å². The van der Waals surface area contributed by atoms with Crippen LogP contribution in [0.2, 0.25) is 0 Å². The third-order valence-corrected chi connectivity index (χ3v) is 4.75. The van der Waals surface area contributed by atoms with Gasteiger partial charge in [-0.2, -0.15) is 18.3 Å². The Morgan fingerprint density at radius 3 is 2.71 bits per heavy atom. The highest BCUT2D eigenvalue weighted by Crippen LogP contribution is 2.32. The van der Waals surface area contributed by atoms with E-state index in [1.165, 1.54) is 4.90 Å². The van der Waals surface area contributed by atoms with Gasteiger partial charge in [0.05, 0.1) is 5.92 Å². The smallest absolute Gasteiger partial charge is 0.345 e. The average molecular weight is 344 g/mol. The molecule has 0 saturated carbocycles. The molecule has 2 unspecified atom stereocenters. The number of nitrogens with one attached hydrogen (secondary N) is 1. The summed E-state index contributed by atoms with van der Waals surface area (Å²) in [5, 5.41) is 5.78. The van der Waals surface area contributed by atoms with Crippen molar-refractivity contribution in [2.75, 3.05) is 26.7 Å². The lowest BCUT2D eigenvalue weighted by Crippen LogP contribution is -2.43. The molecule has 1 aromatic rings. The van der Waals surface area contributed by atoms with E-state index in [4.69, 9.17) is 0 Å². The average Bonchev–Trinajstić information content (AvgIpc) is 3.14. The van der Waals surface area contributed by atoms with Crippen LogP contribution in [0, 0.1) is 5.92 Å². The number of hydrogen-bond acceptors (Lipinski definition) is 3. The number of carbonyl (C=O) groups is 2. The number of halogens is 3. The lowest BCUT2D eigenvalue weighted by Gasteiger charge is -2.33. The Labute approximate surface area is 137 Å². The van der Waals surface area contributed by atoms with Crippen LogP contribution < -0.4 is 0 Å². The normalized spacial score (nSPS) is 25.4. The Kier molecular flexibility index (Phi) is 4.27. The number of nitrogens with zero attached hydrogens (tertiary/aromatic N) is 3. The van der Waals surface area contributed by atoms with Gasteiger partial charge in [0.25, 0.3) is 0 Å². The molecule has 0 radical (unpaired) electrons. The zero-order valence-electron chi connectivity index (χ0n) is 13.3. The highest BCUT2D eigenvalue weighted by Gasteiger charge is 2.38. The molecule has 0 aromatic carbocycles. The number of piperidine rings is 1. The fourth-order valence-corrected chi connectivity index (χ4v) is 3.41. The van der Waals surface area contributed by atoms with Crippen LogP contribution in [0.5, 0.6) is 0 Å². The largest absolute Gasteiger partial charge is 0.435 e. The molecule has 2 aliphatic heterocycles.